The van der Waals surface area contributed by atoms with E-state index in [2.05, 4.69) is 15.0 Å². The van der Waals surface area contributed by atoms with Crippen LogP contribution < -0.4 is 0 Å². The monoisotopic (exact) mass is 489 g/mol. The van der Waals surface area contributed by atoms with Crippen molar-refractivity contribution in [3.63, 3.8) is 0 Å². The summed E-state index contributed by atoms with van der Waals surface area (Å²) >= 11 is 0. The van der Waals surface area contributed by atoms with Gasteiger partial charge in [0.15, 0.2) is 5.82 Å². The summed E-state index contributed by atoms with van der Waals surface area (Å²) < 4.78 is 79.7. The highest BCUT2D eigenvalue weighted by Crippen LogP contribution is 2.37. The third-order valence-corrected chi connectivity index (χ3v) is 4.97. The molecule has 2 heterocycles. The number of rotatable bonds is 4. The molecular weight excluding hydrogens is 476 g/mol. The highest BCUT2D eigenvalue weighted by atomic mass is 19.4. The first-order chi connectivity index (χ1) is 16.4. The van der Waals surface area contributed by atoms with Gasteiger partial charge in [-0.1, -0.05) is 42.5 Å². The third-order valence-electron chi connectivity index (χ3n) is 4.97. The molecule has 0 amide bonds. The van der Waals surface area contributed by atoms with E-state index >= 15 is 0 Å². The SMILES string of the molecule is O=C(O)c1cccc(-c2ccccc2)c1-c1nc(-c2ccc(C(F)(F)F)nc2)cc(C(F)(F)F)n1. The summed E-state index contributed by atoms with van der Waals surface area (Å²) in [6, 6.07) is 14.6. The van der Waals surface area contributed by atoms with E-state index in [1.54, 1.807) is 30.3 Å². The van der Waals surface area contributed by atoms with Crippen LogP contribution in [0.1, 0.15) is 21.7 Å². The van der Waals surface area contributed by atoms with Crippen molar-refractivity contribution in [3.8, 4) is 33.8 Å². The van der Waals surface area contributed by atoms with Crippen molar-refractivity contribution in [1.82, 2.24) is 15.0 Å². The molecule has 35 heavy (non-hydrogen) atoms. The minimum Gasteiger partial charge on any atom is -0.478 e. The smallest absolute Gasteiger partial charge is 0.433 e. The zero-order valence-corrected chi connectivity index (χ0v) is 17.4. The molecule has 0 atom stereocenters. The fourth-order valence-corrected chi connectivity index (χ4v) is 3.39. The molecule has 0 aliphatic carbocycles. The summed E-state index contributed by atoms with van der Waals surface area (Å²) in [5.41, 5.74) is -2.87. The lowest BCUT2D eigenvalue weighted by Crippen LogP contribution is -2.12. The molecule has 0 unspecified atom stereocenters. The fourth-order valence-electron chi connectivity index (χ4n) is 3.39. The topological polar surface area (TPSA) is 76.0 Å². The van der Waals surface area contributed by atoms with Crippen molar-refractivity contribution >= 4 is 5.97 Å². The van der Waals surface area contributed by atoms with Crippen LogP contribution in [0.3, 0.4) is 0 Å². The van der Waals surface area contributed by atoms with Crippen LogP contribution >= 0.6 is 0 Å². The number of benzene rings is 2. The Hall–Kier alpha value is -4.28. The molecule has 0 radical (unpaired) electrons. The number of carbonyl (C=O) groups is 1. The molecule has 0 fully saturated rings. The summed E-state index contributed by atoms with van der Waals surface area (Å²) in [6.45, 7) is 0. The van der Waals surface area contributed by atoms with Crippen LogP contribution in [0.2, 0.25) is 0 Å². The van der Waals surface area contributed by atoms with Crippen LogP contribution in [0.5, 0.6) is 0 Å². The van der Waals surface area contributed by atoms with E-state index in [9.17, 15) is 36.2 Å². The highest BCUT2D eigenvalue weighted by molar-refractivity contribution is 6.00. The zero-order valence-electron chi connectivity index (χ0n) is 17.4. The van der Waals surface area contributed by atoms with Gasteiger partial charge in [0, 0.05) is 17.3 Å². The average Bonchev–Trinajstić information content (AvgIpc) is 2.83. The lowest BCUT2D eigenvalue weighted by Gasteiger charge is -2.15. The summed E-state index contributed by atoms with van der Waals surface area (Å²) in [4.78, 5) is 22.9. The number of aromatic carboxylic acids is 1. The summed E-state index contributed by atoms with van der Waals surface area (Å²) in [7, 11) is 0. The van der Waals surface area contributed by atoms with Gasteiger partial charge in [0.1, 0.15) is 11.4 Å². The maximum Gasteiger partial charge on any atom is 0.433 e. The largest absolute Gasteiger partial charge is 0.478 e. The van der Waals surface area contributed by atoms with Gasteiger partial charge >= 0.3 is 18.3 Å². The van der Waals surface area contributed by atoms with Crippen molar-refractivity contribution in [2.45, 2.75) is 12.4 Å². The number of alkyl halides is 6. The van der Waals surface area contributed by atoms with E-state index < -0.39 is 35.5 Å². The van der Waals surface area contributed by atoms with E-state index in [4.69, 9.17) is 0 Å². The molecule has 0 saturated carbocycles. The zero-order chi connectivity index (χ0) is 25.4. The summed E-state index contributed by atoms with van der Waals surface area (Å²) in [5.74, 6) is -1.97. The molecule has 0 aliphatic heterocycles. The molecular formula is C24H13F6N3O2. The first kappa shape index (κ1) is 23.9. The molecule has 0 spiro atoms. The number of pyridine rings is 1. The Balaban J connectivity index is 1.99. The average molecular weight is 489 g/mol. The second-order valence-corrected chi connectivity index (χ2v) is 7.29. The van der Waals surface area contributed by atoms with E-state index in [0.29, 0.717) is 17.7 Å². The molecule has 1 N–H and O–H groups in total. The standard InChI is InChI=1S/C24H13F6N3O2/c25-23(26,27)18-10-9-14(12-31-18)17-11-19(24(28,29)30)33-21(32-17)20-15(13-5-2-1-3-6-13)7-4-8-16(20)22(34)35/h1-12H,(H,34,35). The fraction of sp³-hybridized carbons (Fsp3) is 0.0833. The van der Waals surface area contributed by atoms with Gasteiger partial charge in [0.25, 0.3) is 0 Å². The Morgan fingerprint density at radius 3 is 2.00 bits per heavy atom. The van der Waals surface area contributed by atoms with E-state index in [1.807, 2.05) is 0 Å². The van der Waals surface area contributed by atoms with Gasteiger partial charge in [-0.2, -0.15) is 26.3 Å². The van der Waals surface area contributed by atoms with Crippen LogP contribution in [0.15, 0.2) is 72.9 Å². The van der Waals surface area contributed by atoms with Crippen molar-refractivity contribution in [1.29, 1.82) is 0 Å². The van der Waals surface area contributed by atoms with E-state index in [1.165, 1.54) is 18.2 Å². The second-order valence-electron chi connectivity index (χ2n) is 7.29. The molecule has 4 aromatic rings. The number of halogens is 6. The van der Waals surface area contributed by atoms with Crippen molar-refractivity contribution < 1.29 is 36.2 Å². The molecule has 178 valence electrons. The van der Waals surface area contributed by atoms with Gasteiger partial charge in [-0.05, 0) is 35.4 Å². The highest BCUT2D eigenvalue weighted by Gasteiger charge is 2.35. The number of nitrogens with zero attached hydrogens (tertiary/aromatic N) is 3. The maximum atomic E-state index is 13.7. The van der Waals surface area contributed by atoms with Crippen LogP contribution in [0, 0.1) is 0 Å². The molecule has 0 saturated heterocycles. The van der Waals surface area contributed by atoms with E-state index in [-0.39, 0.29) is 27.9 Å². The van der Waals surface area contributed by atoms with Gasteiger partial charge in [-0.25, -0.2) is 14.8 Å². The van der Waals surface area contributed by atoms with Gasteiger partial charge < -0.3 is 5.11 Å². The Morgan fingerprint density at radius 1 is 0.743 bits per heavy atom. The minimum atomic E-state index is -4.95. The third kappa shape index (κ3) is 4.98. The van der Waals surface area contributed by atoms with Gasteiger partial charge in [-0.3, -0.25) is 4.98 Å². The van der Waals surface area contributed by atoms with Gasteiger partial charge in [0.2, 0.25) is 0 Å². The lowest BCUT2D eigenvalue weighted by molar-refractivity contribution is -0.141. The number of aromatic nitrogens is 3. The molecule has 11 heteroatoms. The molecule has 2 aromatic carbocycles. The van der Waals surface area contributed by atoms with Gasteiger partial charge in [0.05, 0.1) is 11.3 Å². The first-order valence-electron chi connectivity index (χ1n) is 9.87. The molecule has 5 nitrogen and oxygen atoms in total. The Bertz CT molecular complexity index is 1390. The quantitative estimate of drug-likeness (QED) is 0.327. The Kier molecular flexibility index (Phi) is 6.01. The minimum absolute atomic E-state index is 0.138. The van der Waals surface area contributed by atoms with Crippen LogP contribution in [0.4, 0.5) is 26.3 Å². The normalized spacial score (nSPS) is 11.9. The second kappa shape index (κ2) is 8.82. The number of carboxylic acid groups (broad SMARTS) is 1. The Morgan fingerprint density at radius 2 is 1.43 bits per heavy atom. The van der Waals surface area contributed by atoms with Crippen LogP contribution in [-0.4, -0.2) is 26.0 Å². The van der Waals surface area contributed by atoms with Crippen molar-refractivity contribution in [2.75, 3.05) is 0 Å². The molecule has 0 aliphatic rings. The van der Waals surface area contributed by atoms with Crippen molar-refractivity contribution in [3.05, 3.63) is 89.9 Å². The lowest BCUT2D eigenvalue weighted by atomic mass is 9.94. The van der Waals surface area contributed by atoms with Crippen molar-refractivity contribution in [2.24, 2.45) is 0 Å². The number of hydrogen-bond acceptors (Lipinski definition) is 4. The molecule has 0 bridgehead atoms. The number of hydrogen-bond donors (Lipinski definition) is 1. The summed E-state index contributed by atoms with van der Waals surface area (Å²) in [6.07, 6.45) is -8.94. The van der Waals surface area contributed by atoms with Crippen LogP contribution in [0.25, 0.3) is 33.8 Å². The van der Waals surface area contributed by atoms with Crippen LogP contribution in [-0.2, 0) is 12.4 Å². The van der Waals surface area contributed by atoms with E-state index in [0.717, 1.165) is 12.3 Å². The first-order valence-corrected chi connectivity index (χ1v) is 9.87. The number of carboxylic acids is 1. The van der Waals surface area contributed by atoms with Gasteiger partial charge in [-0.15, -0.1) is 0 Å². The predicted octanol–water partition coefficient (Wildman–Crippen LogP) is 6.61. The molecule has 4 rings (SSSR count). The predicted molar refractivity (Wildman–Crippen MR) is 113 cm³/mol. The summed E-state index contributed by atoms with van der Waals surface area (Å²) in [5, 5.41) is 9.73. The molecule has 2 aromatic heterocycles. The maximum absolute atomic E-state index is 13.7. The Labute approximate surface area is 193 Å².